The maximum Gasteiger partial charge on any atom is 0.308 e. The number of halogens is 2. The molecule has 1 aliphatic heterocycles. The standard InChI is InChI=1S/C17H16BrFN2O3/c18-9-3-13(19)10-5-15(20-14(10)4-9)16(22)21-6-11(8-1-2-8)12(7-21)17(23)24/h3-5,8,11-12,20H,1-2,6-7H2,(H,23,24)/t11-,12+/m1/s1. The quantitative estimate of drug-likeness (QED) is 0.838. The number of rotatable bonds is 3. The van der Waals surface area contributed by atoms with Crippen LogP contribution in [0.2, 0.25) is 0 Å². The Balaban J connectivity index is 1.62. The third-order valence-electron chi connectivity index (χ3n) is 5.08. The van der Waals surface area contributed by atoms with E-state index < -0.39 is 17.7 Å². The molecule has 7 heteroatoms. The van der Waals surface area contributed by atoms with Gasteiger partial charge >= 0.3 is 5.97 Å². The summed E-state index contributed by atoms with van der Waals surface area (Å²) in [4.78, 5) is 28.7. The number of carboxylic acid groups (broad SMARTS) is 1. The van der Waals surface area contributed by atoms with Crippen molar-refractivity contribution in [2.45, 2.75) is 12.8 Å². The lowest BCUT2D eigenvalue weighted by Crippen LogP contribution is -2.30. The summed E-state index contributed by atoms with van der Waals surface area (Å²) in [7, 11) is 0. The molecule has 2 N–H and O–H groups in total. The average Bonchev–Trinajstić information content (AvgIpc) is 3.11. The van der Waals surface area contributed by atoms with Crippen molar-refractivity contribution >= 4 is 38.7 Å². The van der Waals surface area contributed by atoms with Gasteiger partial charge in [-0.3, -0.25) is 9.59 Å². The summed E-state index contributed by atoms with van der Waals surface area (Å²) in [5, 5.41) is 9.77. The Kier molecular flexibility index (Phi) is 3.63. The van der Waals surface area contributed by atoms with Gasteiger partial charge in [0.25, 0.3) is 5.91 Å². The summed E-state index contributed by atoms with van der Waals surface area (Å²) in [5.74, 6) is -1.57. The highest BCUT2D eigenvalue weighted by Crippen LogP contribution is 2.44. The lowest BCUT2D eigenvalue weighted by molar-refractivity contribution is -0.142. The minimum Gasteiger partial charge on any atom is -0.481 e. The number of aromatic nitrogens is 1. The van der Waals surface area contributed by atoms with Crippen molar-refractivity contribution in [1.82, 2.24) is 9.88 Å². The summed E-state index contributed by atoms with van der Waals surface area (Å²) < 4.78 is 14.6. The Bertz CT molecular complexity index is 846. The van der Waals surface area contributed by atoms with Gasteiger partial charge in [-0.1, -0.05) is 15.9 Å². The molecule has 2 aliphatic rings. The first-order valence-electron chi connectivity index (χ1n) is 7.94. The highest BCUT2D eigenvalue weighted by molar-refractivity contribution is 9.10. The van der Waals surface area contributed by atoms with E-state index in [1.165, 1.54) is 12.1 Å². The fourth-order valence-corrected chi connectivity index (χ4v) is 4.13. The summed E-state index contributed by atoms with van der Waals surface area (Å²) >= 11 is 3.23. The highest BCUT2D eigenvalue weighted by Gasteiger charge is 2.47. The van der Waals surface area contributed by atoms with Crippen LogP contribution in [0, 0.1) is 23.6 Å². The number of aliphatic carboxylic acids is 1. The van der Waals surface area contributed by atoms with Crippen LogP contribution in [-0.4, -0.2) is 40.0 Å². The Hall–Kier alpha value is -1.89. The van der Waals surface area contributed by atoms with Gasteiger partial charge in [-0.15, -0.1) is 0 Å². The smallest absolute Gasteiger partial charge is 0.308 e. The van der Waals surface area contributed by atoms with E-state index in [-0.39, 0.29) is 18.4 Å². The number of aromatic amines is 1. The molecule has 0 bridgehead atoms. The van der Waals surface area contributed by atoms with Crippen molar-refractivity contribution in [2.75, 3.05) is 13.1 Å². The van der Waals surface area contributed by atoms with Gasteiger partial charge < -0.3 is 15.0 Å². The van der Waals surface area contributed by atoms with Crippen LogP contribution in [0.3, 0.4) is 0 Å². The normalized spacial score (nSPS) is 23.8. The number of hydrogen-bond donors (Lipinski definition) is 2. The predicted molar refractivity (Wildman–Crippen MR) is 89.2 cm³/mol. The topological polar surface area (TPSA) is 73.4 Å². The van der Waals surface area contributed by atoms with Gasteiger partial charge in [0.1, 0.15) is 11.5 Å². The van der Waals surface area contributed by atoms with Crippen molar-refractivity contribution in [3.63, 3.8) is 0 Å². The Morgan fingerprint density at radius 3 is 2.67 bits per heavy atom. The van der Waals surface area contributed by atoms with Gasteiger partial charge in [0.2, 0.25) is 0 Å². The molecule has 0 unspecified atom stereocenters. The molecule has 2 atom stereocenters. The van der Waals surface area contributed by atoms with E-state index in [9.17, 15) is 19.1 Å². The lowest BCUT2D eigenvalue weighted by Gasteiger charge is -2.15. The van der Waals surface area contributed by atoms with Crippen LogP contribution in [0.4, 0.5) is 4.39 Å². The van der Waals surface area contributed by atoms with Crippen molar-refractivity contribution in [3.8, 4) is 0 Å². The molecule has 1 aromatic heterocycles. The SMILES string of the molecule is O=C(O)[C@H]1CN(C(=O)c2cc3c(F)cc(Br)cc3[nH]2)C[C@@H]1C1CC1. The van der Waals surface area contributed by atoms with Crippen LogP contribution in [0.25, 0.3) is 10.9 Å². The van der Waals surface area contributed by atoms with Crippen molar-refractivity contribution in [1.29, 1.82) is 0 Å². The van der Waals surface area contributed by atoms with Gasteiger partial charge in [0, 0.05) is 22.9 Å². The zero-order valence-electron chi connectivity index (χ0n) is 12.8. The first kappa shape index (κ1) is 15.6. The van der Waals surface area contributed by atoms with E-state index in [0.717, 1.165) is 12.8 Å². The van der Waals surface area contributed by atoms with Crippen molar-refractivity contribution in [3.05, 3.63) is 34.2 Å². The van der Waals surface area contributed by atoms with Gasteiger partial charge in [-0.2, -0.15) is 0 Å². The van der Waals surface area contributed by atoms with Crippen molar-refractivity contribution in [2.24, 2.45) is 17.8 Å². The van der Waals surface area contributed by atoms with Gasteiger partial charge in [0.05, 0.1) is 11.4 Å². The van der Waals surface area contributed by atoms with E-state index in [2.05, 4.69) is 20.9 Å². The second-order valence-electron chi connectivity index (χ2n) is 6.69. The van der Waals surface area contributed by atoms with Crippen LogP contribution in [-0.2, 0) is 4.79 Å². The van der Waals surface area contributed by atoms with E-state index in [4.69, 9.17) is 0 Å². The number of hydrogen-bond acceptors (Lipinski definition) is 2. The molecule has 2 aromatic rings. The number of carbonyl (C=O) groups is 2. The maximum absolute atomic E-state index is 14.0. The number of amides is 1. The number of likely N-dealkylation sites (tertiary alicyclic amines) is 1. The van der Waals surface area contributed by atoms with E-state index in [0.29, 0.717) is 33.5 Å². The number of fused-ring (bicyclic) bond motifs is 1. The third-order valence-corrected chi connectivity index (χ3v) is 5.54. The molecule has 24 heavy (non-hydrogen) atoms. The monoisotopic (exact) mass is 394 g/mol. The predicted octanol–water partition coefficient (Wildman–Crippen LogP) is 3.25. The van der Waals surface area contributed by atoms with Gasteiger partial charge in [0.15, 0.2) is 0 Å². The molecule has 4 rings (SSSR count). The van der Waals surface area contributed by atoms with E-state index in [1.54, 1.807) is 11.0 Å². The molecular formula is C17H16BrFN2O3. The summed E-state index contributed by atoms with van der Waals surface area (Å²) in [6.45, 7) is 0.679. The molecule has 126 valence electrons. The molecule has 0 radical (unpaired) electrons. The fraction of sp³-hybridized carbons (Fsp3) is 0.412. The molecule has 1 aliphatic carbocycles. The van der Waals surface area contributed by atoms with Crippen molar-refractivity contribution < 1.29 is 19.1 Å². The summed E-state index contributed by atoms with van der Waals surface area (Å²) in [6.07, 6.45) is 2.09. The van der Waals surface area contributed by atoms with Crippen LogP contribution < -0.4 is 0 Å². The number of H-pyrrole nitrogens is 1. The number of carbonyl (C=O) groups excluding carboxylic acids is 1. The first-order valence-corrected chi connectivity index (χ1v) is 8.73. The third kappa shape index (κ3) is 2.60. The average molecular weight is 395 g/mol. The molecule has 5 nitrogen and oxygen atoms in total. The minimum absolute atomic E-state index is 0.0294. The zero-order valence-corrected chi connectivity index (χ0v) is 14.3. The summed E-state index contributed by atoms with van der Waals surface area (Å²) in [5.41, 5.74) is 0.834. The molecule has 0 spiro atoms. The maximum atomic E-state index is 14.0. The van der Waals surface area contributed by atoms with E-state index >= 15 is 0 Å². The van der Waals surface area contributed by atoms with Gasteiger partial charge in [-0.05, 0) is 42.9 Å². The van der Waals surface area contributed by atoms with E-state index in [1.807, 2.05) is 0 Å². The Labute approximate surface area is 146 Å². The fourth-order valence-electron chi connectivity index (χ4n) is 3.70. The number of benzene rings is 1. The van der Waals surface area contributed by atoms with Crippen LogP contribution in [0.1, 0.15) is 23.3 Å². The number of carboxylic acids is 1. The minimum atomic E-state index is -0.839. The molecule has 1 aromatic carbocycles. The van der Waals surface area contributed by atoms with Gasteiger partial charge in [-0.25, -0.2) is 4.39 Å². The highest BCUT2D eigenvalue weighted by atomic mass is 79.9. The summed E-state index contributed by atoms with van der Waals surface area (Å²) in [6, 6.07) is 4.57. The molecule has 2 heterocycles. The molecule has 1 saturated heterocycles. The largest absolute Gasteiger partial charge is 0.481 e. The lowest BCUT2D eigenvalue weighted by atomic mass is 9.92. The van der Waals surface area contributed by atoms with Crippen LogP contribution in [0.5, 0.6) is 0 Å². The van der Waals surface area contributed by atoms with Crippen LogP contribution in [0.15, 0.2) is 22.7 Å². The number of nitrogens with zero attached hydrogens (tertiary/aromatic N) is 1. The Morgan fingerprint density at radius 2 is 2.00 bits per heavy atom. The second-order valence-corrected chi connectivity index (χ2v) is 7.60. The molecule has 1 amide bonds. The zero-order chi connectivity index (χ0) is 17.0. The molecule has 1 saturated carbocycles. The molecular weight excluding hydrogens is 379 g/mol. The number of nitrogens with one attached hydrogen (secondary N) is 1. The Morgan fingerprint density at radius 1 is 1.25 bits per heavy atom. The first-order chi connectivity index (χ1) is 11.4. The second kappa shape index (κ2) is 5.58. The molecule has 2 fully saturated rings. The van der Waals surface area contributed by atoms with Crippen LogP contribution >= 0.6 is 15.9 Å².